The van der Waals surface area contributed by atoms with Gasteiger partial charge in [-0.25, -0.2) is 4.98 Å². The van der Waals surface area contributed by atoms with E-state index in [1.165, 1.54) is 6.20 Å². The van der Waals surface area contributed by atoms with Crippen LogP contribution in [0.4, 0.5) is 5.69 Å². The summed E-state index contributed by atoms with van der Waals surface area (Å²) in [5, 5.41) is 18.1. The Hall–Kier alpha value is -2.44. The average Bonchev–Trinajstić information content (AvgIpc) is 3.01. The number of thiophene rings is 1. The molecule has 0 aliphatic rings. The summed E-state index contributed by atoms with van der Waals surface area (Å²) in [4.78, 5) is 18.4. The third-order valence-corrected chi connectivity index (χ3v) is 4.34. The summed E-state index contributed by atoms with van der Waals surface area (Å²) in [5.74, 6) is -0.101. The maximum atomic E-state index is 12.6. The van der Waals surface area contributed by atoms with Gasteiger partial charge in [0, 0.05) is 17.3 Å². The van der Waals surface area contributed by atoms with Gasteiger partial charge in [0.15, 0.2) is 0 Å². The van der Waals surface area contributed by atoms with Crippen LogP contribution >= 0.6 is 11.3 Å². The monoisotopic (exact) mass is 327 g/mol. The number of nitrogens with zero attached hydrogens (tertiary/aromatic N) is 2. The van der Waals surface area contributed by atoms with Crippen LogP contribution in [0, 0.1) is 0 Å². The number of hydrogen-bond donors (Lipinski definition) is 2. The zero-order valence-electron chi connectivity index (χ0n) is 12.9. The van der Waals surface area contributed by atoms with E-state index in [1.54, 1.807) is 29.5 Å². The molecular weight excluding hydrogens is 310 g/mol. The third-order valence-electron chi connectivity index (χ3n) is 3.63. The molecule has 2 aromatic heterocycles. The highest BCUT2D eigenvalue weighted by Gasteiger charge is 2.23. The lowest BCUT2D eigenvalue weighted by Gasteiger charge is -2.22. The molecule has 0 spiro atoms. The first-order valence-corrected chi connectivity index (χ1v) is 8.07. The summed E-state index contributed by atoms with van der Waals surface area (Å²) in [6.45, 7) is 0. The first-order valence-electron chi connectivity index (χ1n) is 7.13. The number of amides is 1. The van der Waals surface area contributed by atoms with E-state index < -0.39 is 0 Å². The number of nitrogens with one attached hydrogen (secondary N) is 1. The van der Waals surface area contributed by atoms with E-state index in [9.17, 15) is 9.90 Å². The predicted molar refractivity (Wildman–Crippen MR) is 92.8 cm³/mol. The van der Waals surface area contributed by atoms with Crippen molar-refractivity contribution in [3.8, 4) is 5.88 Å². The maximum Gasteiger partial charge on any atom is 0.246 e. The van der Waals surface area contributed by atoms with Crippen molar-refractivity contribution in [1.82, 2.24) is 9.88 Å². The SMILES string of the molecule is CN(C)[C@@H](C(=O)Nc1ccc2c(O)nccc2c1)c1ccsc1. The van der Waals surface area contributed by atoms with Gasteiger partial charge in [0.2, 0.25) is 11.8 Å². The van der Waals surface area contributed by atoms with Crippen LogP contribution in [0.25, 0.3) is 10.8 Å². The zero-order chi connectivity index (χ0) is 16.4. The summed E-state index contributed by atoms with van der Waals surface area (Å²) < 4.78 is 0. The summed E-state index contributed by atoms with van der Waals surface area (Å²) in [7, 11) is 3.76. The van der Waals surface area contributed by atoms with Crippen LogP contribution < -0.4 is 5.32 Å². The van der Waals surface area contributed by atoms with Crippen molar-refractivity contribution in [1.29, 1.82) is 0 Å². The number of aromatic hydroxyl groups is 1. The molecule has 0 aliphatic carbocycles. The molecule has 1 amide bonds. The first-order chi connectivity index (χ1) is 11.1. The van der Waals surface area contributed by atoms with Crippen molar-refractivity contribution in [2.24, 2.45) is 0 Å². The molecule has 0 radical (unpaired) electrons. The summed E-state index contributed by atoms with van der Waals surface area (Å²) >= 11 is 1.57. The summed E-state index contributed by atoms with van der Waals surface area (Å²) in [6, 6.07) is 8.76. The van der Waals surface area contributed by atoms with Crippen LogP contribution in [0.15, 0.2) is 47.3 Å². The number of aromatic nitrogens is 1. The van der Waals surface area contributed by atoms with Crippen LogP contribution in [-0.2, 0) is 4.79 Å². The number of carbonyl (C=O) groups excluding carboxylic acids is 1. The Labute approximate surface area is 138 Å². The second-order valence-corrected chi connectivity index (χ2v) is 6.26. The lowest BCUT2D eigenvalue weighted by molar-refractivity contribution is -0.120. The number of likely N-dealkylation sites (N-methyl/N-ethyl adjacent to an activating group) is 1. The van der Waals surface area contributed by atoms with Gasteiger partial charge in [-0.3, -0.25) is 9.69 Å². The van der Waals surface area contributed by atoms with Gasteiger partial charge >= 0.3 is 0 Å². The minimum absolute atomic E-state index is 0.00943. The highest BCUT2D eigenvalue weighted by molar-refractivity contribution is 7.08. The molecule has 2 N–H and O–H groups in total. The molecule has 6 heteroatoms. The number of hydrogen-bond acceptors (Lipinski definition) is 5. The van der Waals surface area contributed by atoms with Crippen LogP contribution in [0.2, 0.25) is 0 Å². The Kier molecular flexibility index (Phi) is 4.27. The summed E-state index contributed by atoms with van der Waals surface area (Å²) in [6.07, 6.45) is 1.54. The molecule has 118 valence electrons. The van der Waals surface area contributed by atoms with Gasteiger partial charge in [-0.1, -0.05) is 0 Å². The lowest BCUT2D eigenvalue weighted by Crippen LogP contribution is -2.31. The van der Waals surface area contributed by atoms with Gasteiger partial charge in [0.05, 0.1) is 0 Å². The molecule has 5 nitrogen and oxygen atoms in total. The molecule has 0 unspecified atom stereocenters. The van der Waals surface area contributed by atoms with Gasteiger partial charge < -0.3 is 10.4 Å². The molecule has 3 aromatic rings. The smallest absolute Gasteiger partial charge is 0.246 e. The molecular formula is C17H17N3O2S. The van der Waals surface area contributed by atoms with Crippen molar-refractivity contribution < 1.29 is 9.90 Å². The summed E-state index contributed by atoms with van der Waals surface area (Å²) in [5.41, 5.74) is 1.66. The fraction of sp³-hybridized carbons (Fsp3) is 0.176. The van der Waals surface area contributed by atoms with Gasteiger partial charge in [-0.2, -0.15) is 11.3 Å². The highest BCUT2D eigenvalue weighted by Crippen LogP contribution is 2.27. The van der Waals surface area contributed by atoms with Gasteiger partial charge in [-0.15, -0.1) is 0 Å². The molecule has 0 aliphatic heterocycles. The Bertz CT molecular complexity index is 831. The predicted octanol–water partition coefficient (Wildman–Crippen LogP) is 3.24. The fourth-order valence-electron chi connectivity index (χ4n) is 2.56. The van der Waals surface area contributed by atoms with Gasteiger partial charge in [-0.05, 0) is 66.1 Å². The average molecular weight is 327 g/mol. The standard InChI is InChI=1S/C17H17N3O2S/c1-20(2)15(12-6-8-23-10-12)17(22)19-13-3-4-14-11(9-13)5-7-18-16(14)21/h3-10,15H,1-2H3,(H,18,21)(H,19,22)/t15-/m1/s1. The van der Waals surface area contributed by atoms with Gasteiger partial charge in [0.25, 0.3) is 0 Å². The van der Waals surface area contributed by atoms with Crippen LogP contribution in [0.3, 0.4) is 0 Å². The van der Waals surface area contributed by atoms with E-state index in [0.717, 1.165) is 10.9 Å². The third kappa shape index (κ3) is 3.18. The molecule has 23 heavy (non-hydrogen) atoms. The molecule has 1 atom stereocenters. The molecule has 2 heterocycles. The molecule has 0 bridgehead atoms. The number of pyridine rings is 1. The number of fused-ring (bicyclic) bond motifs is 1. The van der Waals surface area contributed by atoms with Crippen molar-refractivity contribution in [2.45, 2.75) is 6.04 Å². The number of anilines is 1. The second kappa shape index (κ2) is 6.36. The zero-order valence-corrected chi connectivity index (χ0v) is 13.7. The van der Waals surface area contributed by atoms with Crippen LogP contribution in [0.1, 0.15) is 11.6 Å². The number of carbonyl (C=O) groups is 1. The Morgan fingerprint density at radius 2 is 2.13 bits per heavy atom. The first kappa shape index (κ1) is 15.5. The van der Waals surface area contributed by atoms with Crippen LogP contribution in [-0.4, -0.2) is 35.0 Å². The van der Waals surface area contributed by atoms with Gasteiger partial charge in [0.1, 0.15) is 6.04 Å². The maximum absolute atomic E-state index is 12.6. The number of rotatable bonds is 4. The molecule has 0 saturated heterocycles. The van der Waals surface area contributed by atoms with Crippen molar-refractivity contribution in [3.05, 3.63) is 52.9 Å². The van der Waals surface area contributed by atoms with Crippen LogP contribution in [0.5, 0.6) is 5.88 Å². The number of benzene rings is 1. The quantitative estimate of drug-likeness (QED) is 0.772. The minimum Gasteiger partial charge on any atom is -0.493 e. The normalized spacial score (nSPS) is 12.5. The van der Waals surface area contributed by atoms with E-state index in [1.807, 2.05) is 41.9 Å². The van der Waals surface area contributed by atoms with Crippen molar-refractivity contribution >= 4 is 33.7 Å². The minimum atomic E-state index is -0.345. The van der Waals surface area contributed by atoms with E-state index in [0.29, 0.717) is 11.1 Å². The van der Waals surface area contributed by atoms with E-state index >= 15 is 0 Å². The largest absolute Gasteiger partial charge is 0.493 e. The lowest BCUT2D eigenvalue weighted by atomic mass is 10.1. The topological polar surface area (TPSA) is 65.5 Å². The Balaban J connectivity index is 1.87. The molecule has 3 rings (SSSR count). The molecule has 0 saturated carbocycles. The Morgan fingerprint density at radius 1 is 1.30 bits per heavy atom. The molecule has 0 fully saturated rings. The van der Waals surface area contributed by atoms with E-state index in [2.05, 4.69) is 10.3 Å². The van der Waals surface area contributed by atoms with E-state index in [4.69, 9.17) is 0 Å². The van der Waals surface area contributed by atoms with Crippen molar-refractivity contribution in [2.75, 3.05) is 19.4 Å². The Morgan fingerprint density at radius 3 is 2.83 bits per heavy atom. The second-order valence-electron chi connectivity index (χ2n) is 5.48. The fourth-order valence-corrected chi connectivity index (χ4v) is 3.24. The van der Waals surface area contributed by atoms with E-state index in [-0.39, 0.29) is 17.8 Å². The van der Waals surface area contributed by atoms with Crippen molar-refractivity contribution in [3.63, 3.8) is 0 Å². The highest BCUT2D eigenvalue weighted by atomic mass is 32.1. The molecule has 1 aromatic carbocycles.